The summed E-state index contributed by atoms with van der Waals surface area (Å²) in [6.07, 6.45) is 17.0. The van der Waals surface area contributed by atoms with Crippen LogP contribution in [0.1, 0.15) is 91.8 Å². The Bertz CT molecular complexity index is 279. The summed E-state index contributed by atoms with van der Waals surface area (Å²) in [5.41, 5.74) is 0. The zero-order valence-electron chi connectivity index (χ0n) is 16.7. The van der Waals surface area contributed by atoms with Gasteiger partial charge in [0.1, 0.15) is 0 Å². The number of carboxylic acids is 1. The predicted octanol–water partition coefficient (Wildman–Crippen LogP) is -2.13. The molecule has 5 heteroatoms. The van der Waals surface area contributed by atoms with Crippen LogP contribution in [-0.2, 0) is 4.79 Å². The van der Waals surface area contributed by atoms with E-state index in [0.717, 1.165) is 57.8 Å². The zero-order valence-corrected chi connectivity index (χ0v) is 20.8. The molecular weight excluding hydrogens is 326 g/mol. The maximum Gasteiger partial charge on any atom is 1.00 e. The normalized spacial score (nSPS) is 11.7. The van der Waals surface area contributed by atoms with E-state index in [4.69, 9.17) is 0 Å². The summed E-state index contributed by atoms with van der Waals surface area (Å²) in [5, 5.41) is 20.0. The Morgan fingerprint density at radius 1 is 1.04 bits per heavy atom. The molecule has 126 valence electrons. The smallest absolute Gasteiger partial charge is 1.00 e. The van der Waals surface area contributed by atoms with Crippen LogP contribution in [0.15, 0.2) is 12.2 Å². The molecule has 0 amide bonds. The van der Waals surface area contributed by atoms with Crippen LogP contribution in [0.2, 0.25) is 0 Å². The molecule has 0 spiro atoms. The standard InChI is InChI=1S/C18H34O3.K.Na.H/c1-2-3-4-11-14-17(19)15-12-9-7-5-6-8-10-13-16-18(20)21;;;/h9,12,17,19H,2-8,10-11,13-16H2,1H3,(H,20,21);;;/q;2*+1;-1/p-1/b12-9-;;;/t17-;;;/m1.../s1. The molecule has 23 heavy (non-hydrogen) atoms. The SMILES string of the molecule is CCCCCC[C@@H](O)C/C=C\CCCCCCCC(=O)[O-].[H-].[K+].[Na+]. The summed E-state index contributed by atoms with van der Waals surface area (Å²) >= 11 is 0. The van der Waals surface area contributed by atoms with Crippen molar-refractivity contribution in [1.82, 2.24) is 0 Å². The van der Waals surface area contributed by atoms with Crippen molar-refractivity contribution in [2.24, 2.45) is 0 Å². The second-order valence-corrected chi connectivity index (χ2v) is 5.89. The third kappa shape index (κ3) is 26.1. The molecule has 0 saturated heterocycles. The van der Waals surface area contributed by atoms with Gasteiger partial charge in [-0.1, -0.05) is 64.0 Å². The quantitative estimate of drug-likeness (QED) is 0.206. The largest absolute Gasteiger partial charge is 1.00 e. The van der Waals surface area contributed by atoms with E-state index < -0.39 is 5.97 Å². The molecule has 1 N–H and O–H groups in total. The second kappa shape index (κ2) is 23.8. The van der Waals surface area contributed by atoms with Crippen molar-refractivity contribution < 1.29 is 97.4 Å². The van der Waals surface area contributed by atoms with Crippen molar-refractivity contribution >= 4 is 5.97 Å². The molecule has 3 nitrogen and oxygen atoms in total. The number of hydrogen-bond donors (Lipinski definition) is 1. The Kier molecular flexibility index (Phi) is 30.6. The summed E-state index contributed by atoms with van der Waals surface area (Å²) < 4.78 is 0. The van der Waals surface area contributed by atoms with E-state index in [9.17, 15) is 15.0 Å². The summed E-state index contributed by atoms with van der Waals surface area (Å²) in [7, 11) is 0. The number of carboxylic acid groups (broad SMARTS) is 1. The van der Waals surface area contributed by atoms with E-state index in [2.05, 4.69) is 19.1 Å². The van der Waals surface area contributed by atoms with Gasteiger partial charge in [0, 0.05) is 5.97 Å². The van der Waals surface area contributed by atoms with Gasteiger partial charge in [0.05, 0.1) is 6.10 Å². The van der Waals surface area contributed by atoms with Crippen LogP contribution >= 0.6 is 0 Å². The fourth-order valence-electron chi connectivity index (χ4n) is 2.36. The van der Waals surface area contributed by atoms with E-state index in [1.165, 1.54) is 19.3 Å². The molecule has 0 aromatic rings. The fraction of sp³-hybridized carbons (Fsp3) is 0.833. The van der Waals surface area contributed by atoms with Gasteiger partial charge in [0.15, 0.2) is 0 Å². The third-order valence-corrected chi connectivity index (χ3v) is 3.72. The average Bonchev–Trinajstić information content (AvgIpc) is 2.45. The van der Waals surface area contributed by atoms with Crippen LogP contribution in [0.4, 0.5) is 0 Å². The van der Waals surface area contributed by atoms with Gasteiger partial charge in [-0.05, 0) is 38.5 Å². The minimum Gasteiger partial charge on any atom is -1.00 e. The number of allylic oxidation sites excluding steroid dienone is 1. The number of unbranched alkanes of at least 4 members (excludes halogenated alkanes) is 8. The van der Waals surface area contributed by atoms with Crippen molar-refractivity contribution in [3.05, 3.63) is 12.2 Å². The van der Waals surface area contributed by atoms with Crippen LogP contribution < -0.4 is 86.0 Å². The zero-order chi connectivity index (χ0) is 15.8. The molecule has 0 aliphatic carbocycles. The molecular formula is C18H34KNaO3. The van der Waals surface area contributed by atoms with Gasteiger partial charge < -0.3 is 16.4 Å². The van der Waals surface area contributed by atoms with Crippen molar-refractivity contribution in [3.8, 4) is 0 Å². The van der Waals surface area contributed by atoms with Gasteiger partial charge in [0.2, 0.25) is 0 Å². The van der Waals surface area contributed by atoms with E-state index in [-0.39, 0.29) is 94.9 Å². The van der Waals surface area contributed by atoms with Gasteiger partial charge >= 0.3 is 80.9 Å². The Labute approximate surface area is 209 Å². The van der Waals surface area contributed by atoms with Gasteiger partial charge in [-0.15, -0.1) is 0 Å². The van der Waals surface area contributed by atoms with Gasteiger partial charge in [-0.25, -0.2) is 0 Å². The number of aliphatic hydroxyl groups excluding tert-OH is 1. The molecule has 1 atom stereocenters. The molecule has 0 aliphatic rings. The Morgan fingerprint density at radius 2 is 1.65 bits per heavy atom. The van der Waals surface area contributed by atoms with Crippen LogP contribution in [0.5, 0.6) is 0 Å². The van der Waals surface area contributed by atoms with E-state index >= 15 is 0 Å². The molecule has 0 aromatic heterocycles. The van der Waals surface area contributed by atoms with Crippen molar-refractivity contribution in [2.75, 3.05) is 0 Å². The average molecular weight is 361 g/mol. The molecule has 0 aliphatic heterocycles. The monoisotopic (exact) mass is 360 g/mol. The van der Waals surface area contributed by atoms with E-state index in [1.807, 2.05) is 0 Å². The van der Waals surface area contributed by atoms with Crippen LogP contribution in [0.25, 0.3) is 0 Å². The number of carbonyl (C=O) groups excluding carboxylic acids is 1. The minimum absolute atomic E-state index is 0. The fourth-order valence-corrected chi connectivity index (χ4v) is 2.36. The second-order valence-electron chi connectivity index (χ2n) is 5.89. The molecule has 0 aromatic carbocycles. The van der Waals surface area contributed by atoms with Crippen molar-refractivity contribution in [1.29, 1.82) is 0 Å². The first kappa shape index (κ1) is 29.6. The molecule has 0 unspecified atom stereocenters. The third-order valence-electron chi connectivity index (χ3n) is 3.72. The maximum atomic E-state index is 10.2. The van der Waals surface area contributed by atoms with Crippen molar-refractivity contribution in [3.63, 3.8) is 0 Å². The maximum absolute atomic E-state index is 10.2. The summed E-state index contributed by atoms with van der Waals surface area (Å²) in [4.78, 5) is 10.2. The number of hydrogen-bond acceptors (Lipinski definition) is 3. The molecule has 0 fully saturated rings. The summed E-state index contributed by atoms with van der Waals surface area (Å²) in [6, 6.07) is 0. The van der Waals surface area contributed by atoms with E-state index in [0.29, 0.717) is 0 Å². The molecule has 0 bridgehead atoms. The first-order chi connectivity index (χ1) is 10.2. The minimum atomic E-state index is -0.939. The molecule has 0 heterocycles. The van der Waals surface area contributed by atoms with Crippen LogP contribution in [0, 0.1) is 0 Å². The van der Waals surface area contributed by atoms with Gasteiger partial charge in [0.25, 0.3) is 0 Å². The Morgan fingerprint density at radius 3 is 2.30 bits per heavy atom. The number of rotatable bonds is 15. The Hall–Kier alpha value is 1.81. The van der Waals surface area contributed by atoms with Gasteiger partial charge in [-0.2, -0.15) is 0 Å². The van der Waals surface area contributed by atoms with E-state index in [1.54, 1.807) is 0 Å². The van der Waals surface area contributed by atoms with Crippen molar-refractivity contribution in [2.45, 2.75) is 96.5 Å². The predicted molar refractivity (Wildman–Crippen MR) is 87.0 cm³/mol. The molecule has 0 rings (SSSR count). The van der Waals surface area contributed by atoms with Gasteiger partial charge in [-0.3, -0.25) is 0 Å². The Balaban J connectivity index is -0.000000667. The molecule has 0 saturated carbocycles. The van der Waals surface area contributed by atoms with Crippen LogP contribution in [-0.4, -0.2) is 17.2 Å². The number of aliphatic carboxylic acids is 1. The topological polar surface area (TPSA) is 60.4 Å². The number of carbonyl (C=O) groups is 1. The first-order valence-electron chi connectivity index (χ1n) is 8.69. The van der Waals surface area contributed by atoms with Crippen LogP contribution in [0.3, 0.4) is 0 Å². The summed E-state index contributed by atoms with van der Waals surface area (Å²) in [5.74, 6) is -0.939. The first-order valence-corrected chi connectivity index (χ1v) is 8.69. The number of aliphatic hydroxyl groups is 1. The molecule has 0 radical (unpaired) electrons. The summed E-state index contributed by atoms with van der Waals surface area (Å²) in [6.45, 7) is 2.20.